The number of aromatic amines is 1. The number of nitrogens with zero attached hydrogens (tertiary/aromatic N) is 6. The first-order chi connectivity index (χ1) is 16.6. The Balaban J connectivity index is 1.62. The minimum absolute atomic E-state index is 0.298. The molecule has 0 aliphatic heterocycles. The van der Waals surface area contributed by atoms with Crippen molar-refractivity contribution >= 4 is 11.8 Å². The molecule has 0 fully saturated rings. The Morgan fingerprint density at radius 1 is 1.06 bits per heavy atom. The maximum atomic E-state index is 12.5. The van der Waals surface area contributed by atoms with Crippen molar-refractivity contribution < 1.29 is 9.53 Å². The molecule has 2 heterocycles. The van der Waals surface area contributed by atoms with Crippen LogP contribution < -0.4 is 4.90 Å². The third kappa shape index (κ3) is 5.09. The van der Waals surface area contributed by atoms with Crippen molar-refractivity contribution in [2.24, 2.45) is 0 Å². The number of ether oxygens (including phenoxy) is 1. The van der Waals surface area contributed by atoms with Crippen molar-refractivity contribution in [3.8, 4) is 22.5 Å². The highest BCUT2D eigenvalue weighted by Crippen LogP contribution is 2.30. The van der Waals surface area contributed by atoms with Crippen LogP contribution in [0.4, 0.5) is 5.82 Å². The summed E-state index contributed by atoms with van der Waals surface area (Å²) >= 11 is 0. The summed E-state index contributed by atoms with van der Waals surface area (Å²) in [6, 6.07) is 16.3. The summed E-state index contributed by atoms with van der Waals surface area (Å²) in [5, 5.41) is 14.4. The second-order valence-corrected chi connectivity index (χ2v) is 7.77. The van der Waals surface area contributed by atoms with E-state index in [1.807, 2.05) is 31.2 Å². The van der Waals surface area contributed by atoms with Crippen molar-refractivity contribution in [3.63, 3.8) is 0 Å². The highest BCUT2D eigenvalue weighted by molar-refractivity contribution is 5.94. The van der Waals surface area contributed by atoms with Gasteiger partial charge in [-0.25, -0.2) is 14.8 Å². The molecule has 0 aliphatic rings. The molecule has 0 saturated carbocycles. The number of aromatic nitrogens is 6. The zero-order valence-electron chi connectivity index (χ0n) is 19.5. The van der Waals surface area contributed by atoms with Gasteiger partial charge in [0.25, 0.3) is 0 Å². The molecule has 0 aliphatic carbocycles. The van der Waals surface area contributed by atoms with Gasteiger partial charge in [0.1, 0.15) is 17.2 Å². The quantitative estimate of drug-likeness (QED) is 0.372. The number of aryl methyl sites for hydroxylation is 1. The normalized spacial score (nSPS) is 10.8. The molecule has 9 heteroatoms. The Labute approximate surface area is 198 Å². The summed E-state index contributed by atoms with van der Waals surface area (Å²) in [5.41, 5.74) is 4.46. The molecular formula is C25H27N7O2. The van der Waals surface area contributed by atoms with Gasteiger partial charge in [-0.3, -0.25) is 0 Å². The molecule has 0 radical (unpaired) electrons. The summed E-state index contributed by atoms with van der Waals surface area (Å²) in [6.07, 6.45) is 2.46. The molecular weight excluding hydrogens is 430 g/mol. The van der Waals surface area contributed by atoms with Crippen molar-refractivity contribution in [2.45, 2.75) is 33.7 Å². The fourth-order valence-corrected chi connectivity index (χ4v) is 3.80. The molecule has 0 amide bonds. The van der Waals surface area contributed by atoms with Gasteiger partial charge in [-0.05, 0) is 42.2 Å². The molecule has 9 nitrogen and oxygen atoms in total. The van der Waals surface area contributed by atoms with Crippen LogP contribution in [0, 0.1) is 6.92 Å². The van der Waals surface area contributed by atoms with Crippen molar-refractivity contribution in [3.05, 3.63) is 71.7 Å². The maximum absolute atomic E-state index is 12.5. The van der Waals surface area contributed by atoms with Crippen molar-refractivity contribution in [2.75, 3.05) is 18.1 Å². The highest BCUT2D eigenvalue weighted by atomic mass is 16.5. The molecule has 0 saturated heterocycles. The first-order valence-corrected chi connectivity index (χ1v) is 11.3. The molecule has 2 aromatic heterocycles. The van der Waals surface area contributed by atoms with Gasteiger partial charge in [0.15, 0.2) is 0 Å². The number of hydrogen-bond acceptors (Lipinski definition) is 8. The molecule has 174 valence electrons. The molecule has 4 rings (SSSR count). The van der Waals surface area contributed by atoms with Gasteiger partial charge >= 0.3 is 5.97 Å². The number of H-pyrrole nitrogens is 1. The zero-order valence-corrected chi connectivity index (χ0v) is 19.5. The standard InChI is InChI=1S/C25H27N7O2/c1-4-14-32(24-22(25(33)34-5-2)15-26-17(3)27-24)16-18-10-12-19(13-11-18)20-8-6-7-9-21(20)23-28-30-31-29-23/h6-13,15H,4-5,14,16H2,1-3H3,(H,28,29,30,31). The van der Waals surface area contributed by atoms with Gasteiger partial charge < -0.3 is 9.64 Å². The van der Waals surface area contributed by atoms with Gasteiger partial charge in [-0.1, -0.05) is 55.5 Å². The van der Waals surface area contributed by atoms with E-state index >= 15 is 0 Å². The molecule has 0 bridgehead atoms. The van der Waals surface area contributed by atoms with Crippen LogP contribution in [0.15, 0.2) is 54.7 Å². The van der Waals surface area contributed by atoms with Crippen molar-refractivity contribution in [1.29, 1.82) is 0 Å². The first-order valence-electron chi connectivity index (χ1n) is 11.3. The summed E-state index contributed by atoms with van der Waals surface area (Å²) in [7, 11) is 0. The van der Waals surface area contributed by atoms with Crippen LogP contribution in [-0.4, -0.2) is 49.7 Å². The third-order valence-corrected chi connectivity index (χ3v) is 5.33. The number of tetrazole rings is 1. The van der Waals surface area contributed by atoms with Crippen LogP contribution in [0.2, 0.25) is 0 Å². The fourth-order valence-electron chi connectivity index (χ4n) is 3.80. The lowest BCUT2D eigenvalue weighted by Crippen LogP contribution is -2.27. The van der Waals surface area contributed by atoms with E-state index in [0.717, 1.165) is 35.2 Å². The van der Waals surface area contributed by atoms with E-state index < -0.39 is 5.97 Å². The Bertz CT molecular complexity index is 1240. The number of nitrogens with one attached hydrogen (secondary N) is 1. The van der Waals surface area contributed by atoms with E-state index in [0.29, 0.717) is 36.2 Å². The maximum Gasteiger partial charge on any atom is 0.343 e. The number of anilines is 1. The van der Waals surface area contributed by atoms with Crippen LogP contribution in [0.1, 0.15) is 42.0 Å². The number of carbonyl (C=O) groups is 1. The first kappa shape index (κ1) is 23.0. The lowest BCUT2D eigenvalue weighted by molar-refractivity contribution is 0.0526. The number of rotatable bonds is 9. The molecule has 34 heavy (non-hydrogen) atoms. The van der Waals surface area contributed by atoms with Crippen LogP contribution in [0.25, 0.3) is 22.5 Å². The fraction of sp³-hybridized carbons (Fsp3) is 0.280. The zero-order chi connectivity index (χ0) is 23.9. The van der Waals surface area contributed by atoms with Gasteiger partial charge in [0.05, 0.1) is 6.61 Å². The van der Waals surface area contributed by atoms with Crippen LogP contribution in [-0.2, 0) is 11.3 Å². The van der Waals surface area contributed by atoms with Crippen molar-refractivity contribution in [1.82, 2.24) is 30.6 Å². The highest BCUT2D eigenvalue weighted by Gasteiger charge is 2.20. The largest absolute Gasteiger partial charge is 0.462 e. The molecule has 2 aromatic carbocycles. The molecule has 1 N–H and O–H groups in total. The number of esters is 1. The van der Waals surface area contributed by atoms with E-state index in [2.05, 4.69) is 66.7 Å². The summed E-state index contributed by atoms with van der Waals surface area (Å²) in [5.74, 6) is 1.35. The van der Waals surface area contributed by atoms with E-state index in [4.69, 9.17) is 4.74 Å². The summed E-state index contributed by atoms with van der Waals surface area (Å²) < 4.78 is 5.23. The Hall–Kier alpha value is -4.14. The lowest BCUT2D eigenvalue weighted by Gasteiger charge is -2.25. The Morgan fingerprint density at radius 3 is 2.50 bits per heavy atom. The second kappa shape index (κ2) is 10.7. The lowest BCUT2D eigenvalue weighted by atomic mass is 9.98. The third-order valence-electron chi connectivity index (χ3n) is 5.33. The molecule has 0 atom stereocenters. The molecule has 0 spiro atoms. The monoisotopic (exact) mass is 457 g/mol. The SMILES string of the molecule is CCCN(Cc1ccc(-c2ccccc2-c2nn[nH]n2)cc1)c1nc(C)ncc1C(=O)OCC. The summed E-state index contributed by atoms with van der Waals surface area (Å²) in [6.45, 7) is 7.35. The van der Waals surface area contributed by atoms with Gasteiger partial charge in [-0.2, -0.15) is 5.21 Å². The minimum atomic E-state index is -0.410. The van der Waals surface area contributed by atoms with Crippen LogP contribution in [0.5, 0.6) is 0 Å². The predicted molar refractivity (Wildman–Crippen MR) is 129 cm³/mol. The number of carbonyl (C=O) groups excluding carboxylic acids is 1. The molecule has 0 unspecified atom stereocenters. The average Bonchev–Trinajstić information content (AvgIpc) is 3.39. The van der Waals surface area contributed by atoms with Gasteiger partial charge in [-0.15, -0.1) is 10.2 Å². The number of hydrogen-bond donors (Lipinski definition) is 1. The van der Waals surface area contributed by atoms with Crippen LogP contribution >= 0.6 is 0 Å². The van der Waals surface area contributed by atoms with E-state index in [9.17, 15) is 4.79 Å². The Kier molecular flexibility index (Phi) is 7.22. The Morgan fingerprint density at radius 2 is 1.82 bits per heavy atom. The van der Waals surface area contributed by atoms with Gasteiger partial charge in [0.2, 0.25) is 5.82 Å². The summed E-state index contributed by atoms with van der Waals surface area (Å²) in [4.78, 5) is 23.4. The smallest absolute Gasteiger partial charge is 0.343 e. The average molecular weight is 458 g/mol. The minimum Gasteiger partial charge on any atom is -0.462 e. The van der Waals surface area contributed by atoms with E-state index in [1.54, 1.807) is 13.1 Å². The molecule has 4 aromatic rings. The second-order valence-electron chi connectivity index (χ2n) is 7.77. The van der Waals surface area contributed by atoms with E-state index in [-0.39, 0.29) is 0 Å². The number of benzene rings is 2. The topological polar surface area (TPSA) is 110 Å². The predicted octanol–water partition coefficient (Wildman–Crippen LogP) is 4.23. The van der Waals surface area contributed by atoms with E-state index in [1.165, 1.54) is 0 Å². The van der Waals surface area contributed by atoms with Gasteiger partial charge in [0, 0.05) is 24.8 Å². The van der Waals surface area contributed by atoms with Crippen LogP contribution in [0.3, 0.4) is 0 Å².